The van der Waals surface area contributed by atoms with Crippen LogP contribution in [0.25, 0.3) is 0 Å². The fourth-order valence-corrected chi connectivity index (χ4v) is 5.61. The van der Waals surface area contributed by atoms with Crippen molar-refractivity contribution in [2.24, 2.45) is 0 Å². The lowest BCUT2D eigenvalue weighted by Gasteiger charge is -2.33. The van der Waals surface area contributed by atoms with Crippen molar-refractivity contribution in [1.82, 2.24) is 10.2 Å². The highest BCUT2D eigenvalue weighted by Gasteiger charge is 2.34. The number of sulfonamides is 1. The smallest absolute Gasteiger partial charge is 0.264 e. The molecule has 0 bridgehead atoms. The molecule has 38 heavy (non-hydrogen) atoms. The molecular weight excluding hydrogens is 505 g/mol. The van der Waals surface area contributed by atoms with E-state index in [0.717, 1.165) is 21.5 Å². The molecule has 9 heteroatoms. The zero-order valence-electron chi connectivity index (χ0n) is 21.9. The molecule has 0 heterocycles. The Morgan fingerprint density at radius 3 is 2.16 bits per heavy atom. The molecule has 0 aliphatic carbocycles. The van der Waals surface area contributed by atoms with E-state index in [0.29, 0.717) is 19.4 Å². The molecule has 1 atom stereocenters. The molecule has 0 saturated carbocycles. The Labute approximate surface area is 224 Å². The molecule has 7 nitrogen and oxygen atoms in total. The van der Waals surface area contributed by atoms with Gasteiger partial charge in [-0.1, -0.05) is 67.1 Å². The quantitative estimate of drug-likeness (QED) is 0.372. The van der Waals surface area contributed by atoms with Crippen LogP contribution in [0.2, 0.25) is 0 Å². The summed E-state index contributed by atoms with van der Waals surface area (Å²) in [5.74, 6) is -1.70. The van der Waals surface area contributed by atoms with Crippen molar-refractivity contribution < 1.29 is 22.4 Å². The van der Waals surface area contributed by atoms with Gasteiger partial charge in [0.05, 0.1) is 10.6 Å². The Kier molecular flexibility index (Phi) is 10.0. The van der Waals surface area contributed by atoms with Crippen LogP contribution in [0.1, 0.15) is 31.4 Å². The van der Waals surface area contributed by atoms with E-state index in [2.05, 4.69) is 5.32 Å². The number of para-hydroxylation sites is 1. The van der Waals surface area contributed by atoms with Crippen molar-refractivity contribution >= 4 is 27.5 Å². The van der Waals surface area contributed by atoms with Gasteiger partial charge in [-0.25, -0.2) is 12.8 Å². The number of anilines is 1. The highest BCUT2D eigenvalue weighted by atomic mass is 32.2. The van der Waals surface area contributed by atoms with Crippen LogP contribution < -0.4 is 9.62 Å². The van der Waals surface area contributed by atoms with Crippen LogP contribution in [-0.4, -0.2) is 50.8 Å². The third kappa shape index (κ3) is 6.98. The number of rotatable bonds is 12. The predicted octanol–water partition coefficient (Wildman–Crippen LogP) is 4.32. The number of carbonyl (C=O) groups excluding carboxylic acids is 2. The average Bonchev–Trinajstić information content (AvgIpc) is 2.91. The summed E-state index contributed by atoms with van der Waals surface area (Å²) in [4.78, 5) is 28.0. The molecule has 2 amide bonds. The number of benzene rings is 3. The lowest BCUT2D eigenvalue weighted by atomic mass is 10.1. The van der Waals surface area contributed by atoms with Crippen LogP contribution in [0.15, 0.2) is 83.8 Å². The van der Waals surface area contributed by atoms with Crippen molar-refractivity contribution in [3.63, 3.8) is 0 Å². The van der Waals surface area contributed by atoms with E-state index >= 15 is 0 Å². The van der Waals surface area contributed by atoms with E-state index in [9.17, 15) is 22.4 Å². The minimum absolute atomic E-state index is 0.0641. The number of nitrogens with zero attached hydrogens (tertiary/aromatic N) is 2. The van der Waals surface area contributed by atoms with Gasteiger partial charge in [-0.2, -0.15) is 0 Å². The van der Waals surface area contributed by atoms with Crippen molar-refractivity contribution in [2.75, 3.05) is 23.9 Å². The molecule has 202 valence electrons. The Balaban J connectivity index is 2.01. The van der Waals surface area contributed by atoms with Crippen LogP contribution in [0.4, 0.5) is 10.1 Å². The topological polar surface area (TPSA) is 86.8 Å². The summed E-state index contributed by atoms with van der Waals surface area (Å²) in [6.45, 7) is 5.32. The fraction of sp³-hybridized carbons (Fsp3) is 0.310. The highest BCUT2D eigenvalue weighted by molar-refractivity contribution is 7.92. The summed E-state index contributed by atoms with van der Waals surface area (Å²) < 4.78 is 43.2. The number of likely N-dealkylation sites (N-methyl/N-ethyl adjacent to an activating group) is 1. The molecule has 0 fully saturated rings. The number of amides is 2. The second kappa shape index (κ2) is 13.2. The zero-order valence-corrected chi connectivity index (χ0v) is 22.7. The van der Waals surface area contributed by atoms with Gasteiger partial charge < -0.3 is 10.2 Å². The van der Waals surface area contributed by atoms with E-state index in [1.54, 1.807) is 26.0 Å². The van der Waals surface area contributed by atoms with Crippen molar-refractivity contribution in [3.8, 4) is 0 Å². The first-order valence-corrected chi connectivity index (χ1v) is 14.1. The van der Waals surface area contributed by atoms with Gasteiger partial charge >= 0.3 is 0 Å². The first kappa shape index (κ1) is 28.8. The predicted molar refractivity (Wildman–Crippen MR) is 147 cm³/mol. The molecule has 3 aromatic rings. The van der Waals surface area contributed by atoms with E-state index in [4.69, 9.17) is 0 Å². The average molecular weight is 540 g/mol. The third-order valence-corrected chi connectivity index (χ3v) is 8.00. The lowest BCUT2D eigenvalue weighted by Crippen LogP contribution is -2.53. The summed E-state index contributed by atoms with van der Waals surface area (Å²) >= 11 is 0. The largest absolute Gasteiger partial charge is 0.355 e. The van der Waals surface area contributed by atoms with E-state index in [1.807, 2.05) is 37.3 Å². The highest BCUT2D eigenvalue weighted by Crippen LogP contribution is 2.27. The molecule has 3 aromatic carbocycles. The van der Waals surface area contributed by atoms with Crippen LogP contribution in [0.5, 0.6) is 0 Å². The molecule has 0 aliphatic rings. The van der Waals surface area contributed by atoms with E-state index in [1.165, 1.54) is 35.2 Å². The third-order valence-electron chi connectivity index (χ3n) is 6.23. The number of hydrogen-bond acceptors (Lipinski definition) is 4. The lowest BCUT2D eigenvalue weighted by molar-refractivity contribution is -0.139. The molecule has 0 spiro atoms. The second-order valence-electron chi connectivity index (χ2n) is 8.92. The van der Waals surface area contributed by atoms with Crippen LogP contribution >= 0.6 is 0 Å². The minimum Gasteiger partial charge on any atom is -0.355 e. The molecule has 3 rings (SSSR count). The summed E-state index contributed by atoms with van der Waals surface area (Å²) in [6, 6.07) is 20.3. The van der Waals surface area contributed by atoms with Gasteiger partial charge in [-0.3, -0.25) is 13.9 Å². The summed E-state index contributed by atoms with van der Waals surface area (Å²) in [5.41, 5.74) is 1.59. The maximum Gasteiger partial charge on any atom is 0.264 e. The normalized spacial score (nSPS) is 12.0. The number of hydrogen-bond donors (Lipinski definition) is 1. The van der Waals surface area contributed by atoms with Gasteiger partial charge in [0.2, 0.25) is 11.8 Å². The molecule has 1 unspecified atom stereocenters. The molecule has 1 N–H and O–H groups in total. The minimum atomic E-state index is -4.31. The summed E-state index contributed by atoms with van der Waals surface area (Å²) in [5, 5.41) is 2.76. The van der Waals surface area contributed by atoms with Gasteiger partial charge in [0.1, 0.15) is 18.4 Å². The van der Waals surface area contributed by atoms with Crippen LogP contribution in [-0.2, 0) is 26.0 Å². The monoisotopic (exact) mass is 539 g/mol. The summed E-state index contributed by atoms with van der Waals surface area (Å²) in [7, 11) is -4.31. The molecule has 0 saturated heterocycles. The maximum absolute atomic E-state index is 14.9. The Morgan fingerprint density at radius 1 is 0.921 bits per heavy atom. The van der Waals surface area contributed by atoms with E-state index in [-0.39, 0.29) is 23.0 Å². The van der Waals surface area contributed by atoms with Gasteiger partial charge in [-0.05, 0) is 56.5 Å². The Bertz CT molecular complexity index is 1330. The number of nitrogens with one attached hydrogen (secondary N) is 1. The fourth-order valence-electron chi connectivity index (χ4n) is 4.19. The second-order valence-corrected chi connectivity index (χ2v) is 10.8. The maximum atomic E-state index is 14.9. The standard InChI is InChI=1S/C29H34FN3O4S/c1-4-26(29(35)31-5-2)32(20-19-23-11-7-6-8-12-23)28(34)21-33(27-14-10-9-13-25(27)30)38(36,37)24-17-15-22(3)16-18-24/h6-18,26H,4-5,19-21H2,1-3H3,(H,31,35). The van der Waals surface area contributed by atoms with Crippen molar-refractivity contribution in [3.05, 3.63) is 95.8 Å². The van der Waals surface area contributed by atoms with Gasteiger partial charge in [0.15, 0.2) is 0 Å². The number of halogens is 1. The van der Waals surface area contributed by atoms with Crippen LogP contribution in [0, 0.1) is 12.7 Å². The van der Waals surface area contributed by atoms with Gasteiger partial charge in [0.25, 0.3) is 10.0 Å². The Morgan fingerprint density at radius 2 is 1.55 bits per heavy atom. The summed E-state index contributed by atoms with van der Waals surface area (Å²) in [6.07, 6.45) is 0.795. The van der Waals surface area contributed by atoms with Crippen molar-refractivity contribution in [2.45, 2.75) is 44.6 Å². The molecule has 0 aliphatic heterocycles. The molecular formula is C29H34FN3O4S. The van der Waals surface area contributed by atoms with Crippen LogP contribution in [0.3, 0.4) is 0 Å². The molecule has 0 radical (unpaired) electrons. The Hall–Kier alpha value is -3.72. The SMILES string of the molecule is CCNC(=O)C(CC)N(CCc1ccccc1)C(=O)CN(c1ccccc1F)S(=O)(=O)c1ccc(C)cc1. The van der Waals surface area contributed by atoms with E-state index < -0.39 is 34.3 Å². The first-order valence-electron chi connectivity index (χ1n) is 12.6. The molecule has 0 aromatic heterocycles. The number of aryl methyl sites for hydroxylation is 1. The number of carbonyl (C=O) groups is 2. The van der Waals surface area contributed by atoms with Gasteiger partial charge in [-0.15, -0.1) is 0 Å². The first-order chi connectivity index (χ1) is 18.2. The van der Waals surface area contributed by atoms with Gasteiger partial charge in [0, 0.05) is 13.1 Å². The zero-order chi connectivity index (χ0) is 27.7. The van der Waals surface area contributed by atoms with Crippen molar-refractivity contribution in [1.29, 1.82) is 0 Å².